The van der Waals surface area contributed by atoms with Gasteiger partial charge in [-0.2, -0.15) is 0 Å². The fraction of sp³-hybridized carbons (Fsp3) is 0.706. The number of aromatic nitrogens is 1. The maximum absolute atomic E-state index is 12.0. The number of hydrogen-bond donors (Lipinski definition) is 3. The Labute approximate surface area is 149 Å². The van der Waals surface area contributed by atoms with Crippen LogP contribution in [0.3, 0.4) is 0 Å². The van der Waals surface area contributed by atoms with E-state index in [1.54, 1.807) is 0 Å². The molecule has 1 fully saturated rings. The van der Waals surface area contributed by atoms with Crippen LogP contribution in [-0.2, 0) is 11.2 Å². The number of carbonyl (C=O) groups excluding carboxylic acids is 1. The zero-order chi connectivity index (χ0) is 17.7. The van der Waals surface area contributed by atoms with E-state index in [4.69, 9.17) is 16.7 Å². The van der Waals surface area contributed by atoms with Gasteiger partial charge in [0.05, 0.1) is 5.69 Å². The first-order chi connectivity index (χ1) is 11.4. The SMILES string of the molecule is Cc1noc(C)c1CCC(=O)NNC(=S)N[C@H]1CCC[C@@H](C)[C@@H]1C. The number of hydrogen-bond acceptors (Lipinski definition) is 4. The van der Waals surface area contributed by atoms with E-state index in [1.165, 1.54) is 12.8 Å². The van der Waals surface area contributed by atoms with Crippen LogP contribution in [-0.4, -0.2) is 22.2 Å². The Hall–Kier alpha value is -1.63. The number of nitrogens with one attached hydrogen (secondary N) is 3. The fourth-order valence-corrected chi connectivity index (χ4v) is 3.48. The highest BCUT2D eigenvalue weighted by molar-refractivity contribution is 7.80. The highest BCUT2D eigenvalue weighted by atomic mass is 32.1. The van der Waals surface area contributed by atoms with Crippen LogP contribution < -0.4 is 16.2 Å². The van der Waals surface area contributed by atoms with Crippen LogP contribution in [0.5, 0.6) is 0 Å². The number of aryl methyl sites for hydroxylation is 2. The largest absolute Gasteiger partial charge is 0.361 e. The van der Waals surface area contributed by atoms with Gasteiger partial charge in [-0.25, -0.2) is 0 Å². The standard InChI is InChI=1S/C17H28N4O2S/c1-10-6-5-7-15(11(10)2)18-17(24)20-19-16(22)9-8-14-12(3)21-23-13(14)4/h10-11,15H,5-9H2,1-4H3,(H,19,22)(H2,18,20,24)/t10-,11+,15+/m1/s1. The molecule has 3 N–H and O–H groups in total. The van der Waals surface area contributed by atoms with Gasteiger partial charge < -0.3 is 9.84 Å². The predicted molar refractivity (Wildman–Crippen MR) is 97.3 cm³/mol. The molecule has 7 heteroatoms. The fourth-order valence-electron chi connectivity index (χ4n) is 3.28. The van der Waals surface area contributed by atoms with E-state index >= 15 is 0 Å². The monoisotopic (exact) mass is 352 g/mol. The van der Waals surface area contributed by atoms with Crippen molar-refractivity contribution in [1.29, 1.82) is 0 Å². The first-order valence-electron chi connectivity index (χ1n) is 8.65. The van der Waals surface area contributed by atoms with E-state index in [0.717, 1.165) is 23.4 Å². The number of carbonyl (C=O) groups is 1. The van der Waals surface area contributed by atoms with Gasteiger partial charge in [-0.05, 0) is 50.7 Å². The molecule has 2 rings (SSSR count). The number of nitrogens with zero attached hydrogens (tertiary/aromatic N) is 1. The molecule has 1 saturated carbocycles. The highest BCUT2D eigenvalue weighted by Crippen LogP contribution is 2.29. The van der Waals surface area contributed by atoms with Gasteiger partial charge in [0.2, 0.25) is 5.91 Å². The molecule has 0 aromatic carbocycles. The quantitative estimate of drug-likeness (QED) is 0.571. The van der Waals surface area contributed by atoms with Crippen molar-refractivity contribution in [2.45, 2.75) is 65.8 Å². The first kappa shape index (κ1) is 18.7. The Morgan fingerprint density at radius 2 is 2.04 bits per heavy atom. The third-order valence-electron chi connectivity index (χ3n) is 5.12. The Kier molecular flexibility index (Phi) is 6.60. The second kappa shape index (κ2) is 8.46. The minimum atomic E-state index is -0.107. The molecule has 3 atom stereocenters. The van der Waals surface area contributed by atoms with E-state index in [2.05, 4.69) is 35.2 Å². The summed E-state index contributed by atoms with van der Waals surface area (Å²) in [4.78, 5) is 12.0. The second-order valence-electron chi connectivity index (χ2n) is 6.82. The lowest BCUT2D eigenvalue weighted by Crippen LogP contribution is -2.52. The van der Waals surface area contributed by atoms with Gasteiger partial charge in [0, 0.05) is 18.0 Å². The summed E-state index contributed by atoms with van der Waals surface area (Å²) in [5.41, 5.74) is 7.30. The molecule has 1 aromatic heterocycles. The molecule has 1 aromatic rings. The molecule has 0 unspecified atom stereocenters. The molecule has 1 aliphatic rings. The Morgan fingerprint density at radius 1 is 1.29 bits per heavy atom. The zero-order valence-corrected chi connectivity index (χ0v) is 15.8. The summed E-state index contributed by atoms with van der Waals surface area (Å²) in [5, 5.41) is 7.69. The Balaban J connectivity index is 1.70. The highest BCUT2D eigenvalue weighted by Gasteiger charge is 2.27. The lowest BCUT2D eigenvalue weighted by molar-refractivity contribution is -0.121. The lowest BCUT2D eigenvalue weighted by Gasteiger charge is -2.35. The summed E-state index contributed by atoms with van der Waals surface area (Å²) in [6.07, 6.45) is 4.57. The maximum Gasteiger partial charge on any atom is 0.238 e. The summed E-state index contributed by atoms with van der Waals surface area (Å²) < 4.78 is 5.10. The van der Waals surface area contributed by atoms with Crippen LogP contribution in [0.1, 0.15) is 56.5 Å². The van der Waals surface area contributed by atoms with E-state index in [-0.39, 0.29) is 5.91 Å². The lowest BCUT2D eigenvalue weighted by atomic mass is 9.78. The summed E-state index contributed by atoms with van der Waals surface area (Å²) in [7, 11) is 0. The van der Waals surface area contributed by atoms with Crippen LogP contribution in [0.25, 0.3) is 0 Å². The van der Waals surface area contributed by atoms with Crippen molar-refractivity contribution in [3.8, 4) is 0 Å². The number of hydrazine groups is 1. The van der Waals surface area contributed by atoms with Gasteiger partial charge in [0.15, 0.2) is 5.11 Å². The molecule has 24 heavy (non-hydrogen) atoms. The molecule has 1 amide bonds. The van der Waals surface area contributed by atoms with Gasteiger partial charge >= 0.3 is 0 Å². The molecule has 0 aliphatic heterocycles. The van der Waals surface area contributed by atoms with Crippen molar-refractivity contribution < 1.29 is 9.32 Å². The molecule has 0 spiro atoms. The minimum Gasteiger partial charge on any atom is -0.361 e. The third kappa shape index (κ3) is 4.93. The van der Waals surface area contributed by atoms with Crippen molar-refractivity contribution in [2.75, 3.05) is 0 Å². The van der Waals surface area contributed by atoms with Crippen LogP contribution in [0.2, 0.25) is 0 Å². The Bertz CT molecular complexity index is 568. The van der Waals surface area contributed by atoms with Crippen molar-refractivity contribution in [3.63, 3.8) is 0 Å². The van der Waals surface area contributed by atoms with Gasteiger partial charge in [-0.3, -0.25) is 15.6 Å². The first-order valence-corrected chi connectivity index (χ1v) is 9.06. The van der Waals surface area contributed by atoms with Crippen LogP contribution in [0, 0.1) is 25.7 Å². The molecule has 0 saturated heterocycles. The average molecular weight is 353 g/mol. The van der Waals surface area contributed by atoms with Crippen molar-refractivity contribution in [2.24, 2.45) is 11.8 Å². The van der Waals surface area contributed by atoms with Crippen molar-refractivity contribution in [3.05, 3.63) is 17.0 Å². The van der Waals surface area contributed by atoms with E-state index in [1.807, 2.05) is 13.8 Å². The van der Waals surface area contributed by atoms with Gasteiger partial charge in [0.25, 0.3) is 0 Å². The minimum absolute atomic E-state index is 0.107. The van der Waals surface area contributed by atoms with E-state index < -0.39 is 0 Å². The summed E-state index contributed by atoms with van der Waals surface area (Å²) >= 11 is 5.29. The van der Waals surface area contributed by atoms with Gasteiger partial charge in [0.1, 0.15) is 5.76 Å². The summed E-state index contributed by atoms with van der Waals surface area (Å²) in [5.74, 6) is 1.94. The van der Waals surface area contributed by atoms with Crippen LogP contribution in [0.15, 0.2) is 4.52 Å². The summed E-state index contributed by atoms with van der Waals surface area (Å²) in [6, 6.07) is 0.368. The molecular formula is C17H28N4O2S. The molecule has 0 radical (unpaired) electrons. The van der Waals surface area contributed by atoms with Gasteiger partial charge in [-0.15, -0.1) is 0 Å². The Morgan fingerprint density at radius 3 is 2.71 bits per heavy atom. The number of amides is 1. The normalized spacial score (nSPS) is 23.6. The molecule has 6 nitrogen and oxygen atoms in total. The topological polar surface area (TPSA) is 79.2 Å². The molecule has 1 aliphatic carbocycles. The van der Waals surface area contributed by atoms with Crippen molar-refractivity contribution >= 4 is 23.2 Å². The molecule has 0 bridgehead atoms. The molecular weight excluding hydrogens is 324 g/mol. The number of thiocarbonyl (C=S) groups is 1. The van der Waals surface area contributed by atoms with Crippen molar-refractivity contribution in [1.82, 2.24) is 21.3 Å². The maximum atomic E-state index is 12.0. The van der Waals surface area contributed by atoms with E-state index in [0.29, 0.717) is 35.8 Å². The second-order valence-corrected chi connectivity index (χ2v) is 7.23. The predicted octanol–water partition coefficient (Wildman–Crippen LogP) is 2.54. The van der Waals surface area contributed by atoms with Gasteiger partial charge in [-0.1, -0.05) is 31.8 Å². The third-order valence-corrected chi connectivity index (χ3v) is 5.34. The smallest absolute Gasteiger partial charge is 0.238 e. The zero-order valence-electron chi connectivity index (χ0n) is 14.9. The van der Waals surface area contributed by atoms with Crippen LogP contribution in [0.4, 0.5) is 0 Å². The van der Waals surface area contributed by atoms with E-state index in [9.17, 15) is 4.79 Å². The molecule has 1 heterocycles. The summed E-state index contributed by atoms with van der Waals surface area (Å²) in [6.45, 7) is 8.28. The van der Waals surface area contributed by atoms with Crippen LogP contribution >= 0.6 is 12.2 Å². The molecule has 134 valence electrons. The number of rotatable bonds is 4. The average Bonchev–Trinajstić information content (AvgIpc) is 2.86.